The highest BCUT2D eigenvalue weighted by atomic mass is 127. The average molecular weight is 397 g/mol. The molecule has 5 heteroatoms. The molecule has 2 aromatic carbocycles. The fourth-order valence-corrected chi connectivity index (χ4v) is 2.07. The van der Waals surface area contributed by atoms with Gasteiger partial charge in [0.2, 0.25) is 0 Å². The van der Waals surface area contributed by atoms with Gasteiger partial charge >= 0.3 is 0 Å². The van der Waals surface area contributed by atoms with Gasteiger partial charge in [0.05, 0.1) is 7.11 Å². The molecular formula is C16H16INO3. The Hall–Kier alpha value is -1.76. The van der Waals surface area contributed by atoms with Crippen molar-refractivity contribution in [1.29, 1.82) is 0 Å². The maximum absolute atomic E-state index is 12.1. The number of hydrogen-bond acceptors (Lipinski definition) is 3. The van der Waals surface area contributed by atoms with Gasteiger partial charge in [0.1, 0.15) is 11.5 Å². The molecule has 0 radical (unpaired) electrons. The Morgan fingerprint density at radius 1 is 1.14 bits per heavy atom. The Morgan fingerprint density at radius 3 is 2.48 bits per heavy atom. The number of halogens is 1. The lowest BCUT2D eigenvalue weighted by atomic mass is 10.3. The zero-order valence-corrected chi connectivity index (χ0v) is 14.0. The Morgan fingerprint density at radius 2 is 1.81 bits per heavy atom. The molecule has 0 bridgehead atoms. The maximum atomic E-state index is 12.1. The molecule has 0 saturated carbocycles. The number of carbonyl (C=O) groups is 1. The smallest absolute Gasteiger partial charge is 0.265 e. The number of methoxy groups -OCH3 is 1. The molecule has 0 spiro atoms. The second-order valence-electron chi connectivity index (χ2n) is 4.44. The molecule has 1 N–H and O–H groups in total. The van der Waals surface area contributed by atoms with E-state index in [0.717, 1.165) is 9.26 Å². The first kappa shape index (κ1) is 15.6. The van der Waals surface area contributed by atoms with E-state index in [1.807, 2.05) is 36.4 Å². The first-order chi connectivity index (χ1) is 10.1. The number of hydrogen-bond donors (Lipinski definition) is 1. The number of ether oxygens (including phenoxy) is 2. The van der Waals surface area contributed by atoms with Crippen molar-refractivity contribution >= 4 is 34.2 Å². The van der Waals surface area contributed by atoms with Gasteiger partial charge in [0.15, 0.2) is 6.10 Å². The summed E-state index contributed by atoms with van der Waals surface area (Å²) in [4.78, 5) is 12.1. The van der Waals surface area contributed by atoms with Gasteiger partial charge in [-0.3, -0.25) is 4.79 Å². The maximum Gasteiger partial charge on any atom is 0.265 e. The summed E-state index contributed by atoms with van der Waals surface area (Å²) in [5.74, 6) is 1.09. The molecule has 1 atom stereocenters. The quantitative estimate of drug-likeness (QED) is 0.783. The Kier molecular flexibility index (Phi) is 5.44. The molecule has 4 nitrogen and oxygen atoms in total. The molecule has 0 aliphatic heterocycles. The first-order valence-corrected chi connectivity index (χ1v) is 7.53. The van der Waals surface area contributed by atoms with Gasteiger partial charge in [0.25, 0.3) is 5.91 Å². The Balaban J connectivity index is 1.97. The number of anilines is 1. The highest BCUT2D eigenvalue weighted by molar-refractivity contribution is 14.1. The minimum Gasteiger partial charge on any atom is -0.497 e. The summed E-state index contributed by atoms with van der Waals surface area (Å²) in [6.45, 7) is 1.71. The van der Waals surface area contributed by atoms with Gasteiger partial charge in [-0.2, -0.15) is 0 Å². The molecule has 0 aliphatic rings. The lowest BCUT2D eigenvalue weighted by Crippen LogP contribution is -2.30. The monoisotopic (exact) mass is 397 g/mol. The molecule has 1 amide bonds. The molecular weight excluding hydrogens is 381 g/mol. The van der Waals surface area contributed by atoms with E-state index in [2.05, 4.69) is 27.9 Å². The van der Waals surface area contributed by atoms with Crippen LogP contribution >= 0.6 is 22.6 Å². The van der Waals surface area contributed by atoms with E-state index < -0.39 is 6.10 Å². The van der Waals surface area contributed by atoms with Crippen molar-refractivity contribution in [3.63, 3.8) is 0 Å². The molecule has 0 unspecified atom stereocenters. The van der Waals surface area contributed by atoms with Crippen molar-refractivity contribution in [2.45, 2.75) is 13.0 Å². The summed E-state index contributed by atoms with van der Waals surface area (Å²) in [5, 5.41) is 2.82. The third-order valence-electron chi connectivity index (χ3n) is 2.84. The molecule has 0 aliphatic carbocycles. The highest BCUT2D eigenvalue weighted by Gasteiger charge is 2.15. The zero-order chi connectivity index (χ0) is 15.2. The predicted octanol–water partition coefficient (Wildman–Crippen LogP) is 3.71. The second kappa shape index (κ2) is 7.31. The molecule has 0 saturated heterocycles. The van der Waals surface area contributed by atoms with Crippen LogP contribution in [0.3, 0.4) is 0 Å². The third kappa shape index (κ3) is 4.63. The van der Waals surface area contributed by atoms with Crippen LogP contribution < -0.4 is 14.8 Å². The van der Waals surface area contributed by atoms with E-state index >= 15 is 0 Å². The van der Waals surface area contributed by atoms with Crippen LogP contribution in [0.15, 0.2) is 48.5 Å². The van der Waals surface area contributed by atoms with Gasteiger partial charge in [-0.05, 0) is 65.9 Å². The molecule has 0 aromatic heterocycles. The van der Waals surface area contributed by atoms with Crippen molar-refractivity contribution in [3.8, 4) is 11.5 Å². The van der Waals surface area contributed by atoms with Crippen molar-refractivity contribution in [3.05, 3.63) is 52.1 Å². The van der Waals surface area contributed by atoms with E-state index in [1.165, 1.54) is 0 Å². The topological polar surface area (TPSA) is 47.6 Å². The van der Waals surface area contributed by atoms with Crippen LogP contribution in [-0.4, -0.2) is 19.1 Å². The molecule has 2 aromatic rings. The molecule has 21 heavy (non-hydrogen) atoms. The van der Waals surface area contributed by atoms with Crippen LogP contribution in [0.1, 0.15) is 6.92 Å². The van der Waals surface area contributed by atoms with Crippen LogP contribution in [0.5, 0.6) is 11.5 Å². The van der Waals surface area contributed by atoms with Crippen LogP contribution in [0.4, 0.5) is 5.69 Å². The second-order valence-corrected chi connectivity index (χ2v) is 5.68. The molecule has 0 heterocycles. The first-order valence-electron chi connectivity index (χ1n) is 6.45. The number of benzene rings is 2. The van der Waals surface area contributed by atoms with Gasteiger partial charge < -0.3 is 14.8 Å². The molecule has 110 valence electrons. The number of rotatable bonds is 5. The van der Waals surface area contributed by atoms with E-state index in [-0.39, 0.29) is 5.91 Å². The lowest BCUT2D eigenvalue weighted by Gasteiger charge is -2.15. The fraction of sp³-hybridized carbons (Fsp3) is 0.188. The van der Waals surface area contributed by atoms with Gasteiger partial charge in [0, 0.05) is 15.3 Å². The van der Waals surface area contributed by atoms with Crippen LogP contribution in [0.2, 0.25) is 0 Å². The Labute approximate surface area is 137 Å². The summed E-state index contributed by atoms with van der Waals surface area (Å²) in [5.41, 5.74) is 0.751. The summed E-state index contributed by atoms with van der Waals surface area (Å²) >= 11 is 2.22. The van der Waals surface area contributed by atoms with Crippen LogP contribution in [-0.2, 0) is 4.79 Å². The number of nitrogens with one attached hydrogen (secondary N) is 1. The third-order valence-corrected chi connectivity index (χ3v) is 3.55. The normalized spacial score (nSPS) is 11.6. The van der Waals surface area contributed by atoms with Gasteiger partial charge in [-0.25, -0.2) is 0 Å². The summed E-state index contributed by atoms with van der Waals surface area (Å²) in [6, 6.07) is 14.8. The van der Waals surface area contributed by atoms with Gasteiger partial charge in [-0.15, -0.1) is 0 Å². The fourth-order valence-electron chi connectivity index (χ4n) is 1.71. The summed E-state index contributed by atoms with van der Waals surface area (Å²) in [6.07, 6.45) is -0.601. The predicted molar refractivity (Wildman–Crippen MR) is 90.9 cm³/mol. The SMILES string of the molecule is COc1cccc(O[C@H](C)C(=O)Nc2ccc(I)cc2)c1. The summed E-state index contributed by atoms with van der Waals surface area (Å²) in [7, 11) is 1.59. The van der Waals surface area contributed by atoms with Crippen LogP contribution in [0, 0.1) is 3.57 Å². The largest absolute Gasteiger partial charge is 0.497 e. The highest BCUT2D eigenvalue weighted by Crippen LogP contribution is 2.20. The van der Waals surface area contributed by atoms with E-state index in [4.69, 9.17) is 9.47 Å². The van der Waals surface area contributed by atoms with Gasteiger partial charge in [-0.1, -0.05) is 6.07 Å². The zero-order valence-electron chi connectivity index (χ0n) is 11.8. The van der Waals surface area contributed by atoms with Crippen molar-refractivity contribution in [1.82, 2.24) is 0 Å². The standard InChI is InChI=1S/C16H16INO3/c1-11(21-15-5-3-4-14(10-15)20-2)16(19)18-13-8-6-12(17)7-9-13/h3-11H,1-2H3,(H,18,19)/t11-/m1/s1. The minimum absolute atomic E-state index is 0.195. The molecule has 2 rings (SSSR count). The van der Waals surface area contributed by atoms with Crippen molar-refractivity contribution in [2.24, 2.45) is 0 Å². The molecule has 0 fully saturated rings. The van der Waals surface area contributed by atoms with E-state index in [1.54, 1.807) is 26.2 Å². The van der Waals surface area contributed by atoms with Crippen molar-refractivity contribution < 1.29 is 14.3 Å². The lowest BCUT2D eigenvalue weighted by molar-refractivity contribution is -0.122. The van der Waals surface area contributed by atoms with Crippen molar-refractivity contribution in [2.75, 3.05) is 12.4 Å². The Bertz CT molecular complexity index is 613. The van der Waals surface area contributed by atoms with Crippen LogP contribution in [0.25, 0.3) is 0 Å². The summed E-state index contributed by atoms with van der Waals surface area (Å²) < 4.78 is 11.9. The number of amides is 1. The van der Waals surface area contributed by atoms with E-state index in [9.17, 15) is 4.79 Å². The minimum atomic E-state index is -0.601. The average Bonchev–Trinajstić information content (AvgIpc) is 2.49. The number of carbonyl (C=O) groups excluding carboxylic acids is 1. The van der Waals surface area contributed by atoms with E-state index in [0.29, 0.717) is 11.5 Å².